The van der Waals surface area contributed by atoms with Crippen molar-refractivity contribution < 1.29 is 32.6 Å². The van der Waals surface area contributed by atoms with Crippen molar-refractivity contribution in [3.05, 3.63) is 41.6 Å². The smallest absolute Gasteiger partial charge is 0.433 e. The van der Waals surface area contributed by atoms with Crippen molar-refractivity contribution in [2.75, 3.05) is 13.2 Å². The van der Waals surface area contributed by atoms with Gasteiger partial charge >= 0.3 is 12.1 Å². The molecule has 1 amide bonds. The van der Waals surface area contributed by atoms with Crippen LogP contribution in [0.2, 0.25) is 0 Å². The van der Waals surface area contributed by atoms with E-state index < -0.39 is 34.8 Å². The van der Waals surface area contributed by atoms with Crippen LogP contribution in [0.25, 0.3) is 10.9 Å². The highest BCUT2D eigenvalue weighted by Crippen LogP contribution is 2.52. The van der Waals surface area contributed by atoms with Gasteiger partial charge in [0.05, 0.1) is 28.7 Å². The van der Waals surface area contributed by atoms with Gasteiger partial charge in [0.1, 0.15) is 5.69 Å². The number of alkyl halides is 3. The topological polar surface area (TPSA) is 88.5 Å². The minimum absolute atomic E-state index is 0.0405. The second-order valence-corrected chi connectivity index (χ2v) is 7.49. The van der Waals surface area contributed by atoms with E-state index in [-0.39, 0.29) is 30.7 Å². The molecular formula is C19H17F3N2O4. The number of carbonyl (C=O) groups is 2. The minimum Gasteiger partial charge on any atom is -0.481 e. The predicted octanol–water partition coefficient (Wildman–Crippen LogP) is 3.01. The summed E-state index contributed by atoms with van der Waals surface area (Å²) in [4.78, 5) is 27.8. The lowest BCUT2D eigenvalue weighted by atomic mass is 9.88. The van der Waals surface area contributed by atoms with E-state index >= 15 is 0 Å². The van der Waals surface area contributed by atoms with Crippen molar-refractivity contribution in [1.82, 2.24) is 10.3 Å². The summed E-state index contributed by atoms with van der Waals surface area (Å²) in [6.07, 6.45) is -3.47. The highest BCUT2D eigenvalue weighted by atomic mass is 19.4. The van der Waals surface area contributed by atoms with E-state index in [4.69, 9.17) is 4.74 Å². The molecule has 1 aromatic carbocycles. The van der Waals surface area contributed by atoms with Gasteiger partial charge in [-0.1, -0.05) is 18.2 Å². The van der Waals surface area contributed by atoms with E-state index in [2.05, 4.69) is 10.3 Å². The van der Waals surface area contributed by atoms with Gasteiger partial charge in [-0.25, -0.2) is 4.98 Å². The van der Waals surface area contributed by atoms with Gasteiger partial charge in [0.2, 0.25) is 0 Å². The zero-order chi connectivity index (χ0) is 20.2. The summed E-state index contributed by atoms with van der Waals surface area (Å²) in [5.41, 5.74) is -2.92. The molecule has 2 unspecified atom stereocenters. The molecule has 1 aliphatic carbocycles. The third kappa shape index (κ3) is 2.99. The third-order valence-corrected chi connectivity index (χ3v) is 5.65. The molecule has 28 heavy (non-hydrogen) atoms. The Morgan fingerprint density at radius 2 is 2.00 bits per heavy atom. The average Bonchev–Trinajstić information content (AvgIpc) is 3.23. The molecule has 2 fully saturated rings. The van der Waals surface area contributed by atoms with Gasteiger partial charge in [0.25, 0.3) is 5.91 Å². The summed E-state index contributed by atoms with van der Waals surface area (Å²) >= 11 is 0. The summed E-state index contributed by atoms with van der Waals surface area (Å²) in [7, 11) is 0. The number of nitrogens with one attached hydrogen (secondary N) is 1. The standard InChI is InChI=1S/C19H17F3N2O4/c20-19(21,22)14-7-12(11-3-1-2-4-13(11)24-14)15(25)23-9-18-6-5-17(8-18,10-28-18)16(26)27/h1-4,7H,5-6,8-10H2,(H,23,25)(H,26,27). The molecule has 2 aliphatic rings. The maximum absolute atomic E-state index is 13.2. The Kier molecular flexibility index (Phi) is 4.11. The molecule has 1 saturated carbocycles. The fourth-order valence-electron chi connectivity index (χ4n) is 4.09. The summed E-state index contributed by atoms with van der Waals surface area (Å²) < 4.78 is 45.1. The number of nitrogens with zero attached hydrogens (tertiary/aromatic N) is 1. The van der Waals surface area contributed by atoms with Gasteiger partial charge in [-0.3, -0.25) is 9.59 Å². The Bertz CT molecular complexity index is 965. The van der Waals surface area contributed by atoms with Crippen LogP contribution in [0.1, 0.15) is 35.3 Å². The van der Waals surface area contributed by atoms with Gasteiger partial charge in [-0.2, -0.15) is 13.2 Å². The molecule has 2 heterocycles. The Balaban J connectivity index is 1.59. The molecule has 2 atom stereocenters. The minimum atomic E-state index is -4.68. The Hall–Kier alpha value is -2.68. The monoisotopic (exact) mass is 394 g/mol. The molecule has 2 N–H and O–H groups in total. The molecule has 1 aromatic heterocycles. The van der Waals surface area contributed by atoms with Crippen LogP contribution in [-0.2, 0) is 15.7 Å². The number of carbonyl (C=O) groups excluding carboxylic acids is 1. The average molecular weight is 394 g/mol. The number of aromatic nitrogens is 1. The number of rotatable bonds is 4. The number of benzene rings is 1. The van der Waals surface area contributed by atoms with Gasteiger partial charge in [-0.15, -0.1) is 0 Å². The van der Waals surface area contributed by atoms with Gasteiger partial charge in [0, 0.05) is 11.9 Å². The van der Waals surface area contributed by atoms with Gasteiger partial charge < -0.3 is 15.2 Å². The maximum atomic E-state index is 13.2. The molecule has 148 valence electrons. The molecule has 1 aliphatic heterocycles. The van der Waals surface area contributed by atoms with Crippen LogP contribution in [0, 0.1) is 5.41 Å². The SMILES string of the molecule is O=C(NCC12CCC(C(=O)O)(CO1)C2)c1cc(C(F)(F)F)nc2ccccc12. The number of hydrogen-bond acceptors (Lipinski definition) is 4. The zero-order valence-corrected chi connectivity index (χ0v) is 14.7. The first-order valence-electron chi connectivity index (χ1n) is 8.77. The van der Waals surface area contributed by atoms with Crippen molar-refractivity contribution in [3.8, 4) is 0 Å². The molecule has 9 heteroatoms. The molecule has 4 rings (SSSR count). The van der Waals surface area contributed by atoms with E-state index in [1.165, 1.54) is 12.1 Å². The molecule has 6 nitrogen and oxygen atoms in total. The predicted molar refractivity (Wildman–Crippen MR) is 91.7 cm³/mol. The van der Waals surface area contributed by atoms with Gasteiger partial charge in [0.15, 0.2) is 0 Å². The summed E-state index contributed by atoms with van der Waals surface area (Å²) in [5, 5.41) is 12.3. The van der Waals surface area contributed by atoms with E-state index in [1.54, 1.807) is 12.1 Å². The fourth-order valence-corrected chi connectivity index (χ4v) is 4.09. The number of amides is 1. The zero-order valence-electron chi connectivity index (χ0n) is 14.7. The summed E-state index contributed by atoms with van der Waals surface area (Å²) in [5.74, 6) is -1.60. The maximum Gasteiger partial charge on any atom is 0.433 e. The second-order valence-electron chi connectivity index (χ2n) is 7.49. The summed E-state index contributed by atoms with van der Waals surface area (Å²) in [6, 6.07) is 6.85. The lowest BCUT2D eigenvalue weighted by Crippen LogP contribution is -2.41. The number of ether oxygens (including phenoxy) is 1. The lowest BCUT2D eigenvalue weighted by molar-refractivity contribution is -0.150. The van der Waals surface area contributed by atoms with Crippen LogP contribution in [0.5, 0.6) is 0 Å². The third-order valence-electron chi connectivity index (χ3n) is 5.65. The lowest BCUT2D eigenvalue weighted by Gasteiger charge is -2.27. The summed E-state index contributed by atoms with van der Waals surface area (Å²) in [6.45, 7) is 0.119. The normalized spacial score (nSPS) is 26.5. The second kappa shape index (κ2) is 6.16. The molecule has 0 spiro atoms. The molecular weight excluding hydrogens is 377 g/mol. The Labute approximate surface area is 157 Å². The van der Waals surface area contributed by atoms with E-state index in [0.29, 0.717) is 18.2 Å². The molecule has 1 saturated heterocycles. The first-order chi connectivity index (χ1) is 13.1. The number of hydrogen-bond donors (Lipinski definition) is 2. The van der Waals surface area contributed by atoms with Crippen molar-refractivity contribution in [2.24, 2.45) is 5.41 Å². The van der Waals surface area contributed by atoms with E-state index in [0.717, 1.165) is 6.07 Å². The first kappa shape index (κ1) is 18.7. The molecule has 0 radical (unpaired) electrons. The van der Waals surface area contributed by atoms with Crippen LogP contribution >= 0.6 is 0 Å². The number of aliphatic carboxylic acids is 1. The fraction of sp³-hybridized carbons (Fsp3) is 0.421. The van der Waals surface area contributed by atoms with Crippen LogP contribution in [-0.4, -0.2) is 40.7 Å². The Morgan fingerprint density at radius 3 is 2.61 bits per heavy atom. The number of halogens is 3. The van der Waals surface area contributed by atoms with Crippen LogP contribution in [0.3, 0.4) is 0 Å². The molecule has 2 bridgehead atoms. The van der Waals surface area contributed by atoms with E-state index in [9.17, 15) is 27.9 Å². The first-order valence-corrected chi connectivity index (χ1v) is 8.77. The number of carboxylic acid groups (broad SMARTS) is 1. The number of pyridine rings is 1. The molecule has 2 aromatic rings. The highest BCUT2D eigenvalue weighted by Gasteiger charge is 2.59. The number of fused-ring (bicyclic) bond motifs is 3. The quantitative estimate of drug-likeness (QED) is 0.832. The van der Waals surface area contributed by atoms with Crippen molar-refractivity contribution in [3.63, 3.8) is 0 Å². The largest absolute Gasteiger partial charge is 0.481 e. The van der Waals surface area contributed by atoms with Crippen molar-refractivity contribution in [1.29, 1.82) is 0 Å². The van der Waals surface area contributed by atoms with Crippen LogP contribution < -0.4 is 5.32 Å². The van der Waals surface area contributed by atoms with Crippen LogP contribution in [0.15, 0.2) is 30.3 Å². The highest BCUT2D eigenvalue weighted by molar-refractivity contribution is 6.06. The van der Waals surface area contributed by atoms with Gasteiger partial charge in [-0.05, 0) is 31.4 Å². The van der Waals surface area contributed by atoms with Crippen molar-refractivity contribution in [2.45, 2.75) is 31.0 Å². The Morgan fingerprint density at radius 1 is 1.25 bits per heavy atom. The van der Waals surface area contributed by atoms with Crippen molar-refractivity contribution >= 4 is 22.8 Å². The van der Waals surface area contributed by atoms with E-state index in [1.807, 2.05) is 0 Å². The number of para-hydroxylation sites is 1. The van der Waals surface area contributed by atoms with Crippen LogP contribution in [0.4, 0.5) is 13.2 Å². The number of carboxylic acids is 1.